The molecule has 28 heavy (non-hydrogen) atoms. The van der Waals surface area contributed by atoms with Gasteiger partial charge in [0.25, 0.3) is 5.91 Å². The Morgan fingerprint density at radius 1 is 1.18 bits per heavy atom. The van der Waals surface area contributed by atoms with Crippen LogP contribution in [0.4, 0.5) is 0 Å². The van der Waals surface area contributed by atoms with E-state index in [1.54, 1.807) is 25.1 Å². The van der Waals surface area contributed by atoms with E-state index >= 15 is 0 Å². The van der Waals surface area contributed by atoms with Crippen LogP contribution in [0.5, 0.6) is 0 Å². The molecular formula is C20H23ClN2O4S. The van der Waals surface area contributed by atoms with Gasteiger partial charge in [0.2, 0.25) is 10.0 Å². The molecule has 2 aromatic carbocycles. The van der Waals surface area contributed by atoms with Crippen molar-refractivity contribution < 1.29 is 17.9 Å². The summed E-state index contributed by atoms with van der Waals surface area (Å²) in [6.07, 6.45) is 0. The molecular weight excluding hydrogens is 400 g/mol. The summed E-state index contributed by atoms with van der Waals surface area (Å²) in [6, 6.07) is 11.6. The standard InChI is InChI=1S/C20H23ClN2O4S/c1-14-6-7-18(28(25,26)23-8-10-27-11-9-23)13-19(14)20(24)22-15(2)16-4-3-5-17(21)12-16/h3-7,12-13,15H,8-11H2,1-2H3,(H,22,24). The van der Waals surface area contributed by atoms with Crippen molar-refractivity contribution >= 4 is 27.5 Å². The Morgan fingerprint density at radius 2 is 1.89 bits per heavy atom. The predicted octanol–water partition coefficient (Wildman–Crippen LogP) is 3.16. The Morgan fingerprint density at radius 3 is 2.57 bits per heavy atom. The van der Waals surface area contributed by atoms with E-state index in [0.29, 0.717) is 42.5 Å². The van der Waals surface area contributed by atoms with Gasteiger partial charge in [0.15, 0.2) is 0 Å². The number of morpholine rings is 1. The van der Waals surface area contributed by atoms with Crippen molar-refractivity contribution in [1.82, 2.24) is 9.62 Å². The van der Waals surface area contributed by atoms with Crippen LogP contribution in [-0.2, 0) is 14.8 Å². The van der Waals surface area contributed by atoms with Gasteiger partial charge in [-0.1, -0.05) is 29.8 Å². The minimum Gasteiger partial charge on any atom is -0.379 e. The molecule has 0 saturated carbocycles. The first-order valence-electron chi connectivity index (χ1n) is 9.04. The number of amides is 1. The third-order valence-corrected chi connectivity index (χ3v) is 6.89. The fourth-order valence-corrected chi connectivity index (χ4v) is 4.71. The van der Waals surface area contributed by atoms with E-state index in [4.69, 9.17) is 16.3 Å². The number of halogens is 1. The first-order valence-corrected chi connectivity index (χ1v) is 10.9. The van der Waals surface area contributed by atoms with Crippen molar-refractivity contribution in [2.45, 2.75) is 24.8 Å². The molecule has 8 heteroatoms. The summed E-state index contributed by atoms with van der Waals surface area (Å²) in [4.78, 5) is 12.9. The maximum absolute atomic E-state index is 12.9. The van der Waals surface area contributed by atoms with E-state index in [1.807, 2.05) is 19.1 Å². The quantitative estimate of drug-likeness (QED) is 0.803. The molecule has 1 aliphatic heterocycles. The summed E-state index contributed by atoms with van der Waals surface area (Å²) in [5, 5.41) is 3.50. The summed E-state index contributed by atoms with van der Waals surface area (Å²) in [6.45, 7) is 5.00. The van der Waals surface area contributed by atoms with Gasteiger partial charge in [-0.25, -0.2) is 8.42 Å². The van der Waals surface area contributed by atoms with E-state index in [1.165, 1.54) is 16.4 Å². The summed E-state index contributed by atoms with van der Waals surface area (Å²) < 4.78 is 32.4. The average Bonchev–Trinajstić information content (AvgIpc) is 2.68. The number of sulfonamides is 1. The Kier molecular flexibility index (Phi) is 6.40. The Labute approximate surface area is 170 Å². The van der Waals surface area contributed by atoms with Crippen molar-refractivity contribution in [2.24, 2.45) is 0 Å². The molecule has 1 heterocycles. The van der Waals surface area contributed by atoms with Crippen LogP contribution in [0.25, 0.3) is 0 Å². The highest BCUT2D eigenvalue weighted by Gasteiger charge is 2.27. The topological polar surface area (TPSA) is 75.7 Å². The molecule has 3 rings (SSSR count). The number of nitrogens with one attached hydrogen (secondary N) is 1. The van der Waals surface area contributed by atoms with Gasteiger partial charge in [-0.15, -0.1) is 0 Å². The third-order valence-electron chi connectivity index (χ3n) is 4.76. The van der Waals surface area contributed by atoms with Gasteiger partial charge < -0.3 is 10.1 Å². The minimum absolute atomic E-state index is 0.112. The number of aryl methyl sites for hydroxylation is 1. The van der Waals surface area contributed by atoms with Crippen LogP contribution in [-0.4, -0.2) is 44.9 Å². The van der Waals surface area contributed by atoms with Crippen LogP contribution in [0, 0.1) is 6.92 Å². The normalized spacial score (nSPS) is 16.5. The molecule has 0 aliphatic carbocycles. The van der Waals surface area contributed by atoms with Crippen molar-refractivity contribution in [2.75, 3.05) is 26.3 Å². The second kappa shape index (κ2) is 8.61. The van der Waals surface area contributed by atoms with Crippen molar-refractivity contribution in [3.8, 4) is 0 Å². The van der Waals surface area contributed by atoms with Gasteiger partial charge in [0.05, 0.1) is 24.2 Å². The second-order valence-electron chi connectivity index (χ2n) is 6.74. The number of carbonyl (C=O) groups is 1. The first kappa shape index (κ1) is 20.8. The lowest BCUT2D eigenvalue weighted by Gasteiger charge is -2.26. The van der Waals surface area contributed by atoms with Crippen molar-refractivity contribution in [3.05, 3.63) is 64.2 Å². The minimum atomic E-state index is -3.67. The van der Waals surface area contributed by atoms with Crippen LogP contribution >= 0.6 is 11.6 Å². The fraction of sp³-hybridized carbons (Fsp3) is 0.350. The highest BCUT2D eigenvalue weighted by Crippen LogP contribution is 2.22. The summed E-state index contributed by atoms with van der Waals surface area (Å²) in [5.41, 5.74) is 1.91. The molecule has 1 aliphatic rings. The molecule has 1 N–H and O–H groups in total. The largest absolute Gasteiger partial charge is 0.379 e. The molecule has 6 nitrogen and oxygen atoms in total. The summed E-state index contributed by atoms with van der Waals surface area (Å²) in [5.74, 6) is -0.330. The highest BCUT2D eigenvalue weighted by atomic mass is 35.5. The zero-order valence-corrected chi connectivity index (χ0v) is 17.4. The molecule has 0 radical (unpaired) electrons. The summed E-state index contributed by atoms with van der Waals surface area (Å²) in [7, 11) is -3.67. The number of rotatable bonds is 5. The zero-order chi connectivity index (χ0) is 20.3. The zero-order valence-electron chi connectivity index (χ0n) is 15.8. The number of benzene rings is 2. The molecule has 0 bridgehead atoms. The number of hydrogen-bond acceptors (Lipinski definition) is 4. The molecule has 1 atom stereocenters. The van der Waals surface area contributed by atoms with E-state index in [0.717, 1.165) is 5.56 Å². The van der Waals surface area contributed by atoms with E-state index in [-0.39, 0.29) is 16.8 Å². The monoisotopic (exact) mass is 422 g/mol. The first-order chi connectivity index (χ1) is 13.3. The average molecular weight is 423 g/mol. The lowest BCUT2D eigenvalue weighted by atomic mass is 10.1. The lowest BCUT2D eigenvalue weighted by molar-refractivity contribution is 0.0730. The van der Waals surface area contributed by atoms with Gasteiger partial charge >= 0.3 is 0 Å². The highest BCUT2D eigenvalue weighted by molar-refractivity contribution is 7.89. The fourth-order valence-electron chi connectivity index (χ4n) is 3.08. The number of hydrogen-bond donors (Lipinski definition) is 1. The Balaban J connectivity index is 1.83. The van der Waals surface area contributed by atoms with Crippen LogP contribution in [0.15, 0.2) is 47.4 Å². The Bertz CT molecular complexity index is 972. The van der Waals surface area contributed by atoms with E-state index in [2.05, 4.69) is 5.32 Å². The smallest absolute Gasteiger partial charge is 0.252 e. The van der Waals surface area contributed by atoms with Gasteiger partial charge in [0.1, 0.15) is 0 Å². The molecule has 2 aromatic rings. The predicted molar refractivity (Wildman–Crippen MR) is 108 cm³/mol. The van der Waals surface area contributed by atoms with Gasteiger partial charge in [0, 0.05) is 23.7 Å². The molecule has 1 saturated heterocycles. The van der Waals surface area contributed by atoms with Crippen LogP contribution < -0.4 is 5.32 Å². The SMILES string of the molecule is Cc1ccc(S(=O)(=O)N2CCOCC2)cc1C(=O)NC(C)c1cccc(Cl)c1. The van der Waals surface area contributed by atoms with Gasteiger partial charge in [-0.3, -0.25) is 4.79 Å². The maximum Gasteiger partial charge on any atom is 0.252 e. The van der Waals surface area contributed by atoms with E-state index < -0.39 is 10.0 Å². The molecule has 1 amide bonds. The third kappa shape index (κ3) is 4.55. The molecule has 150 valence electrons. The van der Waals surface area contributed by atoms with Crippen LogP contribution in [0.2, 0.25) is 5.02 Å². The molecule has 1 fully saturated rings. The van der Waals surface area contributed by atoms with E-state index in [9.17, 15) is 13.2 Å². The second-order valence-corrected chi connectivity index (χ2v) is 9.12. The molecule has 0 aromatic heterocycles. The van der Waals surface area contributed by atoms with Gasteiger partial charge in [-0.2, -0.15) is 4.31 Å². The molecule has 0 spiro atoms. The Hall–Kier alpha value is -1.93. The van der Waals surface area contributed by atoms with Crippen LogP contribution in [0.3, 0.4) is 0 Å². The van der Waals surface area contributed by atoms with Gasteiger partial charge in [-0.05, 0) is 49.2 Å². The van der Waals surface area contributed by atoms with Crippen molar-refractivity contribution in [1.29, 1.82) is 0 Å². The number of nitrogens with zero attached hydrogens (tertiary/aromatic N) is 1. The lowest BCUT2D eigenvalue weighted by Crippen LogP contribution is -2.40. The number of ether oxygens (including phenoxy) is 1. The maximum atomic E-state index is 12.9. The van der Waals surface area contributed by atoms with Crippen molar-refractivity contribution in [3.63, 3.8) is 0 Å². The number of carbonyl (C=O) groups excluding carboxylic acids is 1. The molecule has 1 unspecified atom stereocenters. The van der Waals surface area contributed by atoms with Crippen LogP contribution in [0.1, 0.15) is 34.5 Å². The summed E-state index contributed by atoms with van der Waals surface area (Å²) >= 11 is 6.02.